The SMILES string of the molecule is C1=NCOC1. The van der Waals surface area contributed by atoms with Crippen LogP contribution in [-0.2, 0) is 4.74 Å². The monoisotopic (exact) mass is 71.0 g/mol. The first kappa shape index (κ1) is 2.85. The highest BCUT2D eigenvalue weighted by atomic mass is 16.5. The fourth-order valence-corrected chi connectivity index (χ4v) is 0.264. The zero-order valence-electron chi connectivity index (χ0n) is 2.85. The van der Waals surface area contributed by atoms with E-state index in [-0.39, 0.29) is 0 Å². The van der Waals surface area contributed by atoms with Gasteiger partial charge in [-0.05, 0) is 0 Å². The van der Waals surface area contributed by atoms with Crippen LogP contribution in [0.25, 0.3) is 0 Å². The Kier molecular flexibility index (Phi) is 0.667. The minimum atomic E-state index is 0.569. The van der Waals surface area contributed by atoms with Gasteiger partial charge in [-0.1, -0.05) is 0 Å². The third kappa shape index (κ3) is 0.450. The Morgan fingerprint density at radius 2 is 2.80 bits per heavy atom. The van der Waals surface area contributed by atoms with Crippen LogP contribution < -0.4 is 0 Å². The fourth-order valence-electron chi connectivity index (χ4n) is 0.264. The summed E-state index contributed by atoms with van der Waals surface area (Å²) < 4.78 is 4.72. The van der Waals surface area contributed by atoms with E-state index in [1.807, 2.05) is 0 Å². The van der Waals surface area contributed by atoms with Gasteiger partial charge >= 0.3 is 0 Å². The lowest BCUT2D eigenvalue weighted by molar-refractivity contribution is 0.203. The van der Waals surface area contributed by atoms with E-state index in [1.54, 1.807) is 6.21 Å². The van der Waals surface area contributed by atoms with Gasteiger partial charge in [0.25, 0.3) is 0 Å². The molecule has 0 amide bonds. The average Bonchev–Trinajstić information content (AvgIpc) is 1.76. The number of ether oxygens (including phenoxy) is 1. The number of hydrogen-bond acceptors (Lipinski definition) is 2. The van der Waals surface area contributed by atoms with E-state index >= 15 is 0 Å². The summed E-state index contributed by atoms with van der Waals surface area (Å²) in [6.07, 6.45) is 1.76. The molecular formula is C3H5NO. The second kappa shape index (κ2) is 1.17. The zero-order chi connectivity index (χ0) is 3.54. The summed E-state index contributed by atoms with van der Waals surface area (Å²) in [6, 6.07) is 0. The number of nitrogens with zero attached hydrogens (tertiary/aromatic N) is 1. The zero-order valence-corrected chi connectivity index (χ0v) is 2.85. The fraction of sp³-hybridized carbons (Fsp3) is 0.667. The predicted octanol–water partition coefficient (Wildman–Crippen LogP) is 0.0449. The van der Waals surface area contributed by atoms with Crippen molar-refractivity contribution in [1.29, 1.82) is 0 Å². The van der Waals surface area contributed by atoms with Crippen LogP contribution >= 0.6 is 0 Å². The molecule has 1 heterocycles. The quantitative estimate of drug-likeness (QED) is 0.395. The molecule has 0 N–H and O–H groups in total. The van der Waals surface area contributed by atoms with Gasteiger partial charge in [-0.25, -0.2) is 0 Å². The lowest BCUT2D eigenvalue weighted by atomic mass is 10.8. The Bertz CT molecular complexity index is 44.9. The van der Waals surface area contributed by atoms with Gasteiger partial charge in [-0.15, -0.1) is 0 Å². The Balaban J connectivity index is 2.32. The Labute approximate surface area is 30.5 Å². The molecule has 0 fully saturated rings. The van der Waals surface area contributed by atoms with Crippen LogP contribution in [0, 0.1) is 0 Å². The van der Waals surface area contributed by atoms with Crippen LogP contribution in [0.2, 0.25) is 0 Å². The molecule has 0 unspecified atom stereocenters. The molecule has 0 aromatic heterocycles. The highest BCUT2D eigenvalue weighted by Crippen LogP contribution is 1.79. The van der Waals surface area contributed by atoms with Crippen molar-refractivity contribution in [3.05, 3.63) is 0 Å². The molecule has 1 aliphatic rings. The van der Waals surface area contributed by atoms with E-state index in [4.69, 9.17) is 4.74 Å². The smallest absolute Gasteiger partial charge is 0.137 e. The predicted molar refractivity (Wildman–Crippen MR) is 19.3 cm³/mol. The van der Waals surface area contributed by atoms with E-state index in [9.17, 15) is 0 Å². The maximum Gasteiger partial charge on any atom is 0.137 e. The molecule has 0 spiro atoms. The van der Waals surface area contributed by atoms with Gasteiger partial charge in [0.1, 0.15) is 6.73 Å². The molecule has 0 saturated heterocycles. The van der Waals surface area contributed by atoms with Crippen molar-refractivity contribution >= 4 is 6.21 Å². The van der Waals surface area contributed by atoms with Gasteiger partial charge < -0.3 is 4.74 Å². The highest BCUT2D eigenvalue weighted by molar-refractivity contribution is 5.59. The molecule has 0 atom stereocenters. The second-order valence-corrected chi connectivity index (χ2v) is 0.865. The molecule has 2 nitrogen and oxygen atoms in total. The van der Waals surface area contributed by atoms with Gasteiger partial charge in [0, 0.05) is 6.21 Å². The van der Waals surface area contributed by atoms with Crippen LogP contribution in [0.15, 0.2) is 4.99 Å². The third-order valence-corrected chi connectivity index (χ3v) is 0.487. The topological polar surface area (TPSA) is 21.6 Å². The number of hydrogen-bond donors (Lipinski definition) is 0. The summed E-state index contributed by atoms with van der Waals surface area (Å²) >= 11 is 0. The van der Waals surface area contributed by atoms with Crippen molar-refractivity contribution in [2.75, 3.05) is 13.3 Å². The summed E-state index contributed by atoms with van der Waals surface area (Å²) in [7, 11) is 0. The van der Waals surface area contributed by atoms with Crippen molar-refractivity contribution in [2.45, 2.75) is 0 Å². The van der Waals surface area contributed by atoms with Crippen molar-refractivity contribution in [2.24, 2.45) is 4.99 Å². The minimum Gasteiger partial charge on any atom is -0.354 e. The number of aliphatic imine (C=N–C) groups is 1. The van der Waals surface area contributed by atoms with Crippen molar-refractivity contribution in [1.82, 2.24) is 0 Å². The van der Waals surface area contributed by atoms with E-state index in [1.165, 1.54) is 0 Å². The summed E-state index contributed by atoms with van der Waals surface area (Å²) in [4.78, 5) is 3.74. The first-order valence-corrected chi connectivity index (χ1v) is 1.56. The molecule has 28 valence electrons. The molecule has 1 rings (SSSR count). The van der Waals surface area contributed by atoms with E-state index < -0.39 is 0 Å². The minimum absolute atomic E-state index is 0.569. The molecule has 2 heteroatoms. The van der Waals surface area contributed by atoms with Crippen molar-refractivity contribution in [3.8, 4) is 0 Å². The average molecular weight is 71.1 g/mol. The second-order valence-electron chi connectivity index (χ2n) is 0.865. The Hall–Kier alpha value is -0.370. The molecule has 5 heavy (non-hydrogen) atoms. The lowest BCUT2D eigenvalue weighted by Crippen LogP contribution is -1.79. The summed E-state index contributed by atoms with van der Waals surface area (Å²) in [5, 5.41) is 0. The molecule has 0 bridgehead atoms. The van der Waals surface area contributed by atoms with Gasteiger partial charge in [0.05, 0.1) is 6.61 Å². The molecule has 0 aromatic rings. The maximum atomic E-state index is 4.72. The Morgan fingerprint density at radius 1 is 1.80 bits per heavy atom. The number of rotatable bonds is 0. The molecule has 0 saturated carbocycles. The molecular weight excluding hydrogens is 66.0 g/mol. The summed E-state index contributed by atoms with van der Waals surface area (Å²) in [5.41, 5.74) is 0. The maximum absolute atomic E-state index is 4.72. The van der Waals surface area contributed by atoms with Gasteiger partial charge in [0.15, 0.2) is 0 Å². The largest absolute Gasteiger partial charge is 0.354 e. The molecule has 0 radical (unpaired) electrons. The lowest BCUT2D eigenvalue weighted by Gasteiger charge is -1.75. The first-order chi connectivity index (χ1) is 2.50. The van der Waals surface area contributed by atoms with E-state index in [0.29, 0.717) is 13.3 Å². The van der Waals surface area contributed by atoms with Crippen LogP contribution in [-0.4, -0.2) is 19.6 Å². The Morgan fingerprint density at radius 3 is 3.00 bits per heavy atom. The van der Waals surface area contributed by atoms with E-state index in [0.717, 1.165) is 0 Å². The van der Waals surface area contributed by atoms with Crippen LogP contribution in [0.5, 0.6) is 0 Å². The van der Waals surface area contributed by atoms with Gasteiger partial charge in [-0.3, -0.25) is 4.99 Å². The van der Waals surface area contributed by atoms with Crippen LogP contribution in [0.1, 0.15) is 0 Å². The third-order valence-electron chi connectivity index (χ3n) is 0.487. The summed E-state index contributed by atoms with van der Waals surface area (Å²) in [6.45, 7) is 1.28. The van der Waals surface area contributed by atoms with Crippen molar-refractivity contribution < 1.29 is 4.74 Å². The van der Waals surface area contributed by atoms with Crippen LogP contribution in [0.3, 0.4) is 0 Å². The standard InChI is InChI=1S/C3H5NO/c1-2-5-3-4-1/h1H,2-3H2. The normalized spacial score (nSPS) is 20.8. The van der Waals surface area contributed by atoms with Gasteiger partial charge in [0.2, 0.25) is 0 Å². The molecule has 1 aliphatic heterocycles. The summed E-state index contributed by atoms with van der Waals surface area (Å²) in [5.74, 6) is 0. The van der Waals surface area contributed by atoms with Crippen LogP contribution in [0.4, 0.5) is 0 Å². The van der Waals surface area contributed by atoms with E-state index in [2.05, 4.69) is 4.99 Å². The highest BCUT2D eigenvalue weighted by Gasteiger charge is 1.84. The van der Waals surface area contributed by atoms with Gasteiger partial charge in [-0.2, -0.15) is 0 Å². The molecule has 0 aromatic carbocycles. The van der Waals surface area contributed by atoms with Crippen molar-refractivity contribution in [3.63, 3.8) is 0 Å². The molecule has 0 aliphatic carbocycles. The first-order valence-electron chi connectivity index (χ1n) is 1.56.